The SMILES string of the molecule is CCCc1cc(CCC)c(CCC)c(C(C)(C)c2cc(CCC)cc(CCC)c2CCC)c1. The summed E-state index contributed by atoms with van der Waals surface area (Å²) in [6, 6.07) is 10.3. The lowest BCUT2D eigenvalue weighted by molar-refractivity contribution is 0.610. The molecule has 33 heavy (non-hydrogen) atoms. The van der Waals surface area contributed by atoms with Crippen LogP contribution in [-0.2, 0) is 43.9 Å². The Bertz CT molecular complexity index is 797. The number of hydrogen-bond acceptors (Lipinski definition) is 0. The van der Waals surface area contributed by atoms with Gasteiger partial charge < -0.3 is 0 Å². The molecule has 0 aliphatic rings. The molecular formula is C33H52. The van der Waals surface area contributed by atoms with Crippen molar-refractivity contribution in [2.45, 2.75) is 138 Å². The Kier molecular flexibility index (Phi) is 11.2. The molecule has 0 radical (unpaired) electrons. The average molecular weight is 449 g/mol. The monoisotopic (exact) mass is 448 g/mol. The van der Waals surface area contributed by atoms with Crippen LogP contribution in [0, 0.1) is 0 Å². The molecular weight excluding hydrogens is 396 g/mol. The highest BCUT2D eigenvalue weighted by Gasteiger charge is 2.30. The van der Waals surface area contributed by atoms with Crippen molar-refractivity contribution in [3.05, 3.63) is 68.8 Å². The first-order chi connectivity index (χ1) is 15.9. The summed E-state index contributed by atoms with van der Waals surface area (Å²) in [7, 11) is 0. The summed E-state index contributed by atoms with van der Waals surface area (Å²) in [5.41, 5.74) is 12.8. The summed E-state index contributed by atoms with van der Waals surface area (Å²) in [6.07, 6.45) is 14.5. The van der Waals surface area contributed by atoms with Gasteiger partial charge in [-0.15, -0.1) is 0 Å². The molecule has 0 saturated carbocycles. The van der Waals surface area contributed by atoms with E-state index in [9.17, 15) is 0 Å². The molecule has 0 heteroatoms. The molecule has 0 N–H and O–H groups in total. The second-order valence-electron chi connectivity index (χ2n) is 10.7. The fourth-order valence-electron chi connectivity index (χ4n) is 5.80. The molecule has 0 heterocycles. The van der Waals surface area contributed by atoms with E-state index >= 15 is 0 Å². The first-order valence-electron chi connectivity index (χ1n) is 14.2. The van der Waals surface area contributed by atoms with E-state index < -0.39 is 0 Å². The third-order valence-electron chi connectivity index (χ3n) is 7.27. The van der Waals surface area contributed by atoms with Crippen LogP contribution >= 0.6 is 0 Å². The minimum absolute atomic E-state index is 0.0213. The van der Waals surface area contributed by atoms with Crippen LogP contribution in [0.1, 0.15) is 138 Å². The fourth-order valence-corrected chi connectivity index (χ4v) is 5.80. The molecule has 0 aliphatic heterocycles. The fraction of sp³-hybridized carbons (Fsp3) is 0.636. The lowest BCUT2D eigenvalue weighted by Gasteiger charge is -2.34. The molecule has 0 fully saturated rings. The van der Waals surface area contributed by atoms with Gasteiger partial charge in [0, 0.05) is 5.41 Å². The molecule has 2 rings (SSSR count). The Morgan fingerprint density at radius 2 is 0.788 bits per heavy atom. The highest BCUT2D eigenvalue weighted by Crippen LogP contribution is 2.40. The van der Waals surface area contributed by atoms with Crippen molar-refractivity contribution in [1.29, 1.82) is 0 Å². The number of benzene rings is 2. The van der Waals surface area contributed by atoms with E-state index in [-0.39, 0.29) is 5.41 Å². The largest absolute Gasteiger partial charge is 0.0651 e. The number of hydrogen-bond donors (Lipinski definition) is 0. The van der Waals surface area contributed by atoms with Crippen molar-refractivity contribution >= 4 is 0 Å². The predicted molar refractivity (Wildman–Crippen MR) is 149 cm³/mol. The maximum Gasteiger partial charge on any atom is 0.0152 e. The smallest absolute Gasteiger partial charge is 0.0152 e. The first kappa shape index (κ1) is 27.7. The quantitative estimate of drug-likeness (QED) is 0.270. The zero-order chi connectivity index (χ0) is 24.4. The molecule has 0 aliphatic carbocycles. The number of aryl methyl sites for hydroxylation is 4. The molecule has 0 atom stereocenters. The predicted octanol–water partition coefficient (Wildman–Crippen LogP) is 9.73. The van der Waals surface area contributed by atoms with Crippen LogP contribution in [0.25, 0.3) is 0 Å². The van der Waals surface area contributed by atoms with E-state index in [1.165, 1.54) is 77.0 Å². The Balaban J connectivity index is 2.85. The number of rotatable bonds is 14. The van der Waals surface area contributed by atoms with Crippen LogP contribution in [0.3, 0.4) is 0 Å². The molecule has 0 amide bonds. The highest BCUT2D eigenvalue weighted by atomic mass is 14.3. The molecule has 0 aromatic heterocycles. The highest BCUT2D eigenvalue weighted by molar-refractivity contribution is 5.53. The Labute approximate surface area is 206 Å². The molecule has 2 aromatic rings. The van der Waals surface area contributed by atoms with Crippen molar-refractivity contribution in [2.24, 2.45) is 0 Å². The van der Waals surface area contributed by atoms with Crippen molar-refractivity contribution in [3.63, 3.8) is 0 Å². The van der Waals surface area contributed by atoms with E-state index in [2.05, 4.69) is 79.7 Å². The third-order valence-corrected chi connectivity index (χ3v) is 7.27. The lowest BCUT2D eigenvalue weighted by Crippen LogP contribution is -2.25. The molecule has 0 nitrogen and oxygen atoms in total. The van der Waals surface area contributed by atoms with Gasteiger partial charge in [-0.1, -0.05) is 118 Å². The van der Waals surface area contributed by atoms with Gasteiger partial charge in [-0.05, 0) is 83.0 Å². The van der Waals surface area contributed by atoms with Gasteiger partial charge >= 0.3 is 0 Å². The summed E-state index contributed by atoms with van der Waals surface area (Å²) < 4.78 is 0. The van der Waals surface area contributed by atoms with Crippen molar-refractivity contribution < 1.29 is 0 Å². The molecule has 0 bridgehead atoms. The van der Waals surface area contributed by atoms with Gasteiger partial charge in [0.1, 0.15) is 0 Å². The van der Waals surface area contributed by atoms with Crippen molar-refractivity contribution in [1.82, 2.24) is 0 Å². The Hall–Kier alpha value is -1.56. The van der Waals surface area contributed by atoms with Crippen LogP contribution in [-0.4, -0.2) is 0 Å². The van der Waals surface area contributed by atoms with Crippen LogP contribution in [0.5, 0.6) is 0 Å². The Morgan fingerprint density at radius 1 is 0.455 bits per heavy atom. The van der Waals surface area contributed by atoms with E-state index in [4.69, 9.17) is 0 Å². The Morgan fingerprint density at radius 3 is 1.09 bits per heavy atom. The topological polar surface area (TPSA) is 0 Å². The van der Waals surface area contributed by atoms with Gasteiger partial charge in [0.05, 0.1) is 0 Å². The van der Waals surface area contributed by atoms with Gasteiger partial charge in [0.25, 0.3) is 0 Å². The van der Waals surface area contributed by atoms with Gasteiger partial charge in [-0.25, -0.2) is 0 Å². The van der Waals surface area contributed by atoms with E-state index in [1.54, 1.807) is 44.5 Å². The summed E-state index contributed by atoms with van der Waals surface area (Å²) in [6.45, 7) is 19.0. The van der Waals surface area contributed by atoms with Crippen LogP contribution in [0.2, 0.25) is 0 Å². The van der Waals surface area contributed by atoms with Crippen LogP contribution in [0.4, 0.5) is 0 Å². The van der Waals surface area contributed by atoms with Crippen molar-refractivity contribution in [2.75, 3.05) is 0 Å². The normalized spacial score (nSPS) is 11.9. The molecule has 0 saturated heterocycles. The van der Waals surface area contributed by atoms with Crippen molar-refractivity contribution in [3.8, 4) is 0 Å². The summed E-state index contributed by atoms with van der Waals surface area (Å²) in [5.74, 6) is 0. The zero-order valence-electron chi connectivity index (χ0n) is 23.3. The maximum absolute atomic E-state index is 2.59. The zero-order valence-corrected chi connectivity index (χ0v) is 23.3. The van der Waals surface area contributed by atoms with Gasteiger partial charge in [0.2, 0.25) is 0 Å². The minimum atomic E-state index is 0.0213. The van der Waals surface area contributed by atoms with Gasteiger partial charge in [0.15, 0.2) is 0 Å². The van der Waals surface area contributed by atoms with Gasteiger partial charge in [-0.3, -0.25) is 0 Å². The second kappa shape index (κ2) is 13.4. The summed E-state index contributed by atoms with van der Waals surface area (Å²) in [4.78, 5) is 0. The molecule has 0 spiro atoms. The standard InChI is InChI=1S/C33H52/c1-9-15-25-21-27(17-11-3)29(19-13-5)31(23-25)33(7,8)32-24-26(16-10-2)22-28(18-12-4)30(32)20-14-6/h21-24H,9-20H2,1-8H3. The van der Waals surface area contributed by atoms with Crippen LogP contribution in [0.15, 0.2) is 24.3 Å². The maximum atomic E-state index is 2.59. The van der Waals surface area contributed by atoms with Crippen LogP contribution < -0.4 is 0 Å². The minimum Gasteiger partial charge on any atom is -0.0651 e. The van der Waals surface area contributed by atoms with Gasteiger partial charge in [-0.2, -0.15) is 0 Å². The van der Waals surface area contributed by atoms with E-state index in [0.29, 0.717) is 0 Å². The van der Waals surface area contributed by atoms with E-state index in [0.717, 1.165) is 0 Å². The average Bonchev–Trinajstić information content (AvgIpc) is 2.77. The molecule has 0 unspecified atom stereocenters. The third kappa shape index (κ3) is 6.74. The summed E-state index contributed by atoms with van der Waals surface area (Å²) >= 11 is 0. The lowest BCUT2D eigenvalue weighted by atomic mass is 9.70. The first-order valence-corrected chi connectivity index (χ1v) is 14.2. The summed E-state index contributed by atoms with van der Waals surface area (Å²) in [5, 5.41) is 0. The second-order valence-corrected chi connectivity index (χ2v) is 10.7. The molecule has 184 valence electrons. The molecule has 2 aromatic carbocycles. The van der Waals surface area contributed by atoms with E-state index in [1.807, 2.05) is 0 Å².